The third-order valence-corrected chi connectivity index (χ3v) is 6.39. The summed E-state index contributed by atoms with van der Waals surface area (Å²) in [5, 5.41) is 14.8. The molecular formula is C23H25ClFN5O3. The molecule has 174 valence electrons. The zero-order chi connectivity index (χ0) is 23.9. The number of ether oxygens (including phenoxy) is 1. The van der Waals surface area contributed by atoms with Crippen molar-refractivity contribution in [1.29, 1.82) is 5.41 Å². The van der Waals surface area contributed by atoms with Gasteiger partial charge in [-0.3, -0.25) is 9.59 Å². The third kappa shape index (κ3) is 4.78. The SMILES string of the molecule is CC(=O)N[C@H]1C[C@H](Oc2cc(F)ccc2C(=O)N2CC(=N)/C(=C3/N=C(C)C(Cl)=C(C)N3)C2)C1. The minimum atomic E-state index is -0.508. The summed E-state index contributed by atoms with van der Waals surface area (Å²) in [4.78, 5) is 30.4. The van der Waals surface area contributed by atoms with Gasteiger partial charge in [0.2, 0.25) is 5.91 Å². The Morgan fingerprint density at radius 1 is 1.30 bits per heavy atom. The molecule has 8 nitrogen and oxygen atoms in total. The van der Waals surface area contributed by atoms with E-state index in [0.717, 1.165) is 5.70 Å². The molecule has 10 heteroatoms. The summed E-state index contributed by atoms with van der Waals surface area (Å²) in [6.45, 7) is 5.35. The second kappa shape index (κ2) is 8.97. The van der Waals surface area contributed by atoms with Crippen molar-refractivity contribution in [2.75, 3.05) is 13.1 Å². The summed E-state index contributed by atoms with van der Waals surface area (Å²) in [6, 6.07) is 3.84. The van der Waals surface area contributed by atoms with Gasteiger partial charge in [-0.15, -0.1) is 0 Å². The number of aliphatic imine (C=N–C) groups is 1. The van der Waals surface area contributed by atoms with E-state index in [1.54, 1.807) is 6.92 Å². The second-order valence-electron chi connectivity index (χ2n) is 8.48. The Morgan fingerprint density at radius 3 is 2.70 bits per heavy atom. The molecule has 2 amide bonds. The van der Waals surface area contributed by atoms with Crippen LogP contribution in [0.15, 0.2) is 45.3 Å². The number of hydrogen-bond acceptors (Lipinski definition) is 6. The minimum Gasteiger partial charge on any atom is -0.489 e. The van der Waals surface area contributed by atoms with Gasteiger partial charge < -0.3 is 25.7 Å². The number of halogens is 2. The van der Waals surface area contributed by atoms with Crippen molar-refractivity contribution in [2.45, 2.75) is 45.8 Å². The maximum atomic E-state index is 13.9. The van der Waals surface area contributed by atoms with E-state index >= 15 is 0 Å². The Morgan fingerprint density at radius 2 is 2.03 bits per heavy atom. The highest BCUT2D eigenvalue weighted by Gasteiger charge is 2.35. The summed E-state index contributed by atoms with van der Waals surface area (Å²) < 4.78 is 19.8. The van der Waals surface area contributed by atoms with Crippen LogP contribution < -0.4 is 15.4 Å². The molecule has 0 bridgehead atoms. The quantitative estimate of drug-likeness (QED) is 0.624. The number of allylic oxidation sites excluding steroid dienone is 2. The number of benzene rings is 1. The lowest BCUT2D eigenvalue weighted by Gasteiger charge is -2.36. The molecule has 0 aromatic heterocycles. The van der Waals surface area contributed by atoms with Crippen LogP contribution in [-0.4, -0.2) is 53.4 Å². The Hall–Kier alpha value is -3.20. The van der Waals surface area contributed by atoms with Crippen molar-refractivity contribution in [2.24, 2.45) is 4.99 Å². The maximum absolute atomic E-state index is 13.9. The normalized spacial score (nSPS) is 24.8. The van der Waals surface area contributed by atoms with Crippen LogP contribution in [0.4, 0.5) is 4.39 Å². The van der Waals surface area contributed by atoms with E-state index in [1.807, 2.05) is 6.92 Å². The summed E-state index contributed by atoms with van der Waals surface area (Å²) in [5.41, 5.74) is 2.48. The van der Waals surface area contributed by atoms with E-state index in [0.29, 0.717) is 35.0 Å². The monoisotopic (exact) mass is 473 g/mol. The smallest absolute Gasteiger partial charge is 0.258 e. The van der Waals surface area contributed by atoms with Crippen LogP contribution in [0.1, 0.15) is 44.0 Å². The molecule has 0 unspecified atom stereocenters. The fraction of sp³-hybridized carbons (Fsp3) is 0.391. The van der Waals surface area contributed by atoms with Crippen LogP contribution in [0.5, 0.6) is 5.75 Å². The highest BCUT2D eigenvalue weighted by atomic mass is 35.5. The molecule has 3 N–H and O–H groups in total. The number of carbonyl (C=O) groups is 2. The van der Waals surface area contributed by atoms with Gasteiger partial charge in [0.05, 0.1) is 35.1 Å². The Labute approximate surface area is 196 Å². The molecule has 1 saturated heterocycles. The van der Waals surface area contributed by atoms with Gasteiger partial charge in [-0.25, -0.2) is 9.38 Å². The van der Waals surface area contributed by atoms with Crippen molar-refractivity contribution < 1.29 is 18.7 Å². The van der Waals surface area contributed by atoms with E-state index in [2.05, 4.69) is 15.6 Å². The molecule has 2 fully saturated rings. The molecule has 0 atom stereocenters. The number of nitrogens with zero attached hydrogens (tertiary/aromatic N) is 2. The van der Waals surface area contributed by atoms with Crippen molar-refractivity contribution in [3.63, 3.8) is 0 Å². The van der Waals surface area contributed by atoms with Crippen LogP contribution >= 0.6 is 11.6 Å². The summed E-state index contributed by atoms with van der Waals surface area (Å²) in [5.74, 6) is -0.309. The maximum Gasteiger partial charge on any atom is 0.258 e. The molecule has 0 radical (unpaired) electrons. The summed E-state index contributed by atoms with van der Waals surface area (Å²) in [7, 11) is 0. The van der Waals surface area contributed by atoms with Gasteiger partial charge in [0.1, 0.15) is 23.5 Å². The molecule has 1 aromatic carbocycles. The van der Waals surface area contributed by atoms with E-state index in [4.69, 9.17) is 21.7 Å². The predicted molar refractivity (Wildman–Crippen MR) is 123 cm³/mol. The molecule has 33 heavy (non-hydrogen) atoms. The molecule has 1 saturated carbocycles. The Kier molecular flexibility index (Phi) is 6.25. The number of amides is 2. The fourth-order valence-corrected chi connectivity index (χ4v) is 4.16. The van der Waals surface area contributed by atoms with Crippen LogP contribution in [-0.2, 0) is 4.79 Å². The standard InChI is InChI=1S/C23H25ClFN5O3/c1-11-21(24)12(2)28-22(27-11)18-9-30(10-19(18)26)23(32)17-5-4-14(25)6-20(17)33-16-7-15(8-16)29-13(3)31/h4-6,15-16,26-27H,7-10H2,1-3H3,(H,29,31)/b22-18+,26-19?/t15-,16-. The van der Waals surface area contributed by atoms with Gasteiger partial charge in [-0.1, -0.05) is 11.6 Å². The summed E-state index contributed by atoms with van der Waals surface area (Å²) in [6.07, 6.45) is 0.965. The summed E-state index contributed by atoms with van der Waals surface area (Å²) >= 11 is 6.19. The first-order valence-corrected chi connectivity index (χ1v) is 11.0. The van der Waals surface area contributed by atoms with Crippen LogP contribution in [0, 0.1) is 11.2 Å². The molecule has 4 rings (SSSR count). The molecule has 1 aromatic rings. The van der Waals surface area contributed by atoms with E-state index in [1.165, 1.54) is 30.0 Å². The van der Waals surface area contributed by atoms with Crippen LogP contribution in [0.3, 0.4) is 0 Å². The molecule has 2 heterocycles. The number of rotatable bonds is 4. The van der Waals surface area contributed by atoms with Gasteiger partial charge in [-0.2, -0.15) is 0 Å². The highest BCUT2D eigenvalue weighted by molar-refractivity contribution is 6.43. The highest BCUT2D eigenvalue weighted by Crippen LogP contribution is 2.31. The third-order valence-electron chi connectivity index (χ3n) is 5.84. The van der Waals surface area contributed by atoms with Gasteiger partial charge in [0.25, 0.3) is 5.91 Å². The van der Waals surface area contributed by atoms with E-state index < -0.39 is 5.82 Å². The lowest BCUT2D eigenvalue weighted by molar-refractivity contribution is -0.120. The van der Waals surface area contributed by atoms with Crippen molar-refractivity contribution in [3.05, 3.63) is 51.7 Å². The number of nitrogens with one attached hydrogen (secondary N) is 3. The Bertz CT molecular complexity index is 1140. The van der Waals surface area contributed by atoms with Gasteiger partial charge in [0.15, 0.2) is 0 Å². The fourth-order valence-electron chi connectivity index (χ4n) is 4.07. The zero-order valence-electron chi connectivity index (χ0n) is 18.6. The number of hydrogen-bond donors (Lipinski definition) is 3. The number of likely N-dealkylation sites (tertiary alicyclic amines) is 1. The molecule has 2 aliphatic heterocycles. The van der Waals surface area contributed by atoms with Gasteiger partial charge in [-0.05, 0) is 26.0 Å². The topological polar surface area (TPSA) is 107 Å². The first-order valence-electron chi connectivity index (χ1n) is 10.6. The van der Waals surface area contributed by atoms with E-state index in [-0.39, 0.29) is 54.1 Å². The molecular weight excluding hydrogens is 449 g/mol. The molecule has 0 spiro atoms. The van der Waals surface area contributed by atoms with Gasteiger partial charge in [0, 0.05) is 43.1 Å². The second-order valence-corrected chi connectivity index (χ2v) is 8.86. The predicted octanol–water partition coefficient (Wildman–Crippen LogP) is 3.09. The molecule has 1 aliphatic carbocycles. The van der Waals surface area contributed by atoms with Crippen molar-refractivity contribution >= 4 is 34.8 Å². The van der Waals surface area contributed by atoms with E-state index in [9.17, 15) is 14.0 Å². The Balaban J connectivity index is 1.51. The first kappa shape index (κ1) is 23.0. The van der Waals surface area contributed by atoms with Crippen molar-refractivity contribution in [1.82, 2.24) is 15.5 Å². The minimum absolute atomic E-state index is 0.0199. The van der Waals surface area contributed by atoms with Crippen molar-refractivity contribution in [3.8, 4) is 5.75 Å². The molecule has 3 aliphatic rings. The average Bonchev–Trinajstić information content (AvgIpc) is 3.11. The number of carbonyl (C=O) groups excluding carboxylic acids is 2. The van der Waals surface area contributed by atoms with Crippen LogP contribution in [0.2, 0.25) is 0 Å². The average molecular weight is 474 g/mol. The zero-order valence-corrected chi connectivity index (χ0v) is 19.3. The lowest BCUT2D eigenvalue weighted by atomic mass is 9.89. The first-order chi connectivity index (χ1) is 15.6. The lowest BCUT2D eigenvalue weighted by Crippen LogP contribution is -2.48. The van der Waals surface area contributed by atoms with Crippen LogP contribution in [0.25, 0.3) is 0 Å². The van der Waals surface area contributed by atoms with Gasteiger partial charge >= 0.3 is 0 Å². The largest absolute Gasteiger partial charge is 0.489 e.